The van der Waals surface area contributed by atoms with Crippen molar-refractivity contribution in [3.63, 3.8) is 0 Å². The van der Waals surface area contributed by atoms with E-state index in [1.165, 1.54) is 18.2 Å². The van der Waals surface area contributed by atoms with Gasteiger partial charge in [0.05, 0.1) is 0 Å². The number of alkyl carbamates (subject to hydrolysis) is 1. The average molecular weight is 464 g/mol. The van der Waals surface area contributed by atoms with E-state index in [9.17, 15) is 18.8 Å². The lowest BCUT2D eigenvalue weighted by Gasteiger charge is -2.22. The summed E-state index contributed by atoms with van der Waals surface area (Å²) in [6, 6.07) is 21.8. The van der Waals surface area contributed by atoms with Gasteiger partial charge < -0.3 is 21.1 Å². The fourth-order valence-corrected chi connectivity index (χ4v) is 3.36. The summed E-state index contributed by atoms with van der Waals surface area (Å²) in [7, 11) is 0. The van der Waals surface area contributed by atoms with Crippen molar-refractivity contribution >= 4 is 17.9 Å². The zero-order chi connectivity index (χ0) is 24.3. The maximum atomic E-state index is 13.5. The minimum Gasteiger partial charge on any atom is -0.445 e. The zero-order valence-corrected chi connectivity index (χ0v) is 18.4. The third-order valence-electron chi connectivity index (χ3n) is 5.09. The van der Waals surface area contributed by atoms with Gasteiger partial charge >= 0.3 is 6.09 Å². The highest BCUT2D eigenvalue weighted by Gasteiger charge is 2.26. The fourth-order valence-electron chi connectivity index (χ4n) is 3.36. The van der Waals surface area contributed by atoms with Crippen LogP contribution in [0.2, 0.25) is 0 Å². The Balaban J connectivity index is 1.69. The topological polar surface area (TPSA) is 111 Å². The summed E-state index contributed by atoms with van der Waals surface area (Å²) < 4.78 is 18.8. The van der Waals surface area contributed by atoms with Crippen molar-refractivity contribution in [2.24, 2.45) is 5.73 Å². The number of rotatable bonds is 10. The highest BCUT2D eigenvalue weighted by molar-refractivity contribution is 5.91. The van der Waals surface area contributed by atoms with Crippen molar-refractivity contribution in [3.8, 4) is 0 Å². The van der Waals surface area contributed by atoms with Crippen LogP contribution in [-0.4, -0.2) is 30.0 Å². The van der Waals surface area contributed by atoms with Crippen molar-refractivity contribution in [2.75, 3.05) is 0 Å². The number of benzene rings is 3. The third-order valence-corrected chi connectivity index (χ3v) is 5.09. The summed E-state index contributed by atoms with van der Waals surface area (Å²) in [4.78, 5) is 37.5. The first-order chi connectivity index (χ1) is 16.4. The van der Waals surface area contributed by atoms with Gasteiger partial charge in [0.2, 0.25) is 11.8 Å². The van der Waals surface area contributed by atoms with Gasteiger partial charge in [-0.05, 0) is 28.8 Å². The molecule has 0 saturated carbocycles. The predicted octanol–water partition coefficient (Wildman–Crippen LogP) is 2.88. The molecule has 4 N–H and O–H groups in total. The van der Waals surface area contributed by atoms with Gasteiger partial charge in [0.25, 0.3) is 0 Å². The van der Waals surface area contributed by atoms with Gasteiger partial charge in [-0.2, -0.15) is 0 Å². The quantitative estimate of drug-likeness (QED) is 0.429. The number of carbonyl (C=O) groups is 3. The maximum absolute atomic E-state index is 13.5. The molecule has 0 unspecified atom stereocenters. The van der Waals surface area contributed by atoms with Gasteiger partial charge in [-0.15, -0.1) is 0 Å². The van der Waals surface area contributed by atoms with Crippen molar-refractivity contribution in [2.45, 2.75) is 31.5 Å². The summed E-state index contributed by atoms with van der Waals surface area (Å²) in [6.45, 7) is 0.0375. The lowest BCUT2D eigenvalue weighted by atomic mass is 10.0. The monoisotopic (exact) mass is 463 g/mol. The van der Waals surface area contributed by atoms with E-state index in [-0.39, 0.29) is 19.4 Å². The molecule has 3 amide bonds. The molecular formula is C26H26FN3O4. The predicted molar refractivity (Wildman–Crippen MR) is 125 cm³/mol. The highest BCUT2D eigenvalue weighted by atomic mass is 19.1. The van der Waals surface area contributed by atoms with Gasteiger partial charge in [0, 0.05) is 12.8 Å². The maximum Gasteiger partial charge on any atom is 0.408 e. The molecule has 3 rings (SSSR count). The number of nitrogens with two attached hydrogens (primary N) is 1. The van der Waals surface area contributed by atoms with E-state index in [0.717, 1.165) is 11.1 Å². The molecule has 3 aromatic carbocycles. The molecule has 0 spiro atoms. The summed E-state index contributed by atoms with van der Waals surface area (Å²) >= 11 is 0. The Morgan fingerprint density at radius 3 is 1.97 bits per heavy atom. The molecule has 176 valence electrons. The zero-order valence-electron chi connectivity index (χ0n) is 18.4. The summed E-state index contributed by atoms with van der Waals surface area (Å²) in [5.74, 6) is -1.85. The molecule has 0 fully saturated rings. The second-order valence-corrected chi connectivity index (χ2v) is 7.75. The first kappa shape index (κ1) is 24.4. The van der Waals surface area contributed by atoms with E-state index < -0.39 is 35.8 Å². The van der Waals surface area contributed by atoms with Crippen molar-refractivity contribution in [1.82, 2.24) is 10.6 Å². The first-order valence-corrected chi connectivity index (χ1v) is 10.8. The molecule has 0 aromatic heterocycles. The Labute approximate surface area is 197 Å². The molecule has 3 aromatic rings. The van der Waals surface area contributed by atoms with Gasteiger partial charge in [-0.25, -0.2) is 9.18 Å². The summed E-state index contributed by atoms with van der Waals surface area (Å²) in [5, 5.41) is 5.15. The van der Waals surface area contributed by atoms with Crippen LogP contribution in [0, 0.1) is 5.82 Å². The standard InChI is InChI=1S/C26H26FN3O4/c27-21-13-7-12-20(14-21)16-22(24(28)31)29-25(32)23(15-18-8-3-1-4-9-18)30-26(33)34-17-19-10-5-2-6-11-19/h1-14,22-23H,15-17H2,(H2,28,31)(H,29,32)(H,30,33)/t22-,23+/m1/s1. The van der Waals surface area contributed by atoms with Gasteiger partial charge in [-0.1, -0.05) is 72.8 Å². The molecule has 0 aliphatic heterocycles. The van der Waals surface area contributed by atoms with Crippen LogP contribution in [0.1, 0.15) is 16.7 Å². The van der Waals surface area contributed by atoms with E-state index in [4.69, 9.17) is 10.5 Å². The SMILES string of the molecule is NC(=O)[C@@H](Cc1cccc(F)c1)NC(=O)[C@H](Cc1ccccc1)NC(=O)OCc1ccccc1. The Hall–Kier alpha value is -4.20. The van der Waals surface area contributed by atoms with Gasteiger partial charge in [0.1, 0.15) is 24.5 Å². The lowest BCUT2D eigenvalue weighted by molar-refractivity contribution is -0.128. The molecule has 2 atom stereocenters. The van der Waals surface area contributed by atoms with Gasteiger partial charge in [0.15, 0.2) is 0 Å². The Bertz CT molecular complexity index is 1110. The van der Waals surface area contributed by atoms with Crippen LogP contribution in [0.3, 0.4) is 0 Å². The number of hydrogen-bond donors (Lipinski definition) is 3. The first-order valence-electron chi connectivity index (χ1n) is 10.8. The number of carbonyl (C=O) groups excluding carboxylic acids is 3. The Morgan fingerprint density at radius 1 is 0.765 bits per heavy atom. The smallest absolute Gasteiger partial charge is 0.408 e. The normalized spacial score (nSPS) is 12.3. The number of hydrogen-bond acceptors (Lipinski definition) is 4. The van der Waals surface area contributed by atoms with Crippen LogP contribution in [0.4, 0.5) is 9.18 Å². The number of nitrogens with one attached hydrogen (secondary N) is 2. The average Bonchev–Trinajstić information content (AvgIpc) is 2.83. The van der Waals surface area contributed by atoms with E-state index in [1.807, 2.05) is 60.7 Å². The molecule has 7 nitrogen and oxygen atoms in total. The Kier molecular flexibility index (Phi) is 8.73. The molecule has 0 saturated heterocycles. The van der Waals surface area contributed by atoms with E-state index in [0.29, 0.717) is 5.56 Å². The van der Waals surface area contributed by atoms with Gasteiger partial charge in [-0.3, -0.25) is 9.59 Å². The molecule has 0 radical (unpaired) electrons. The van der Waals surface area contributed by atoms with E-state index in [2.05, 4.69) is 10.6 Å². The van der Waals surface area contributed by atoms with Crippen LogP contribution in [0.25, 0.3) is 0 Å². The molecule has 0 heterocycles. The second-order valence-electron chi connectivity index (χ2n) is 7.75. The molecule has 0 aliphatic rings. The summed E-state index contributed by atoms with van der Waals surface area (Å²) in [6.07, 6.45) is -0.603. The minimum absolute atomic E-state index is 0.00927. The van der Waals surface area contributed by atoms with Crippen LogP contribution in [0.15, 0.2) is 84.9 Å². The summed E-state index contributed by atoms with van der Waals surface area (Å²) in [5.41, 5.74) is 7.57. The molecule has 0 bridgehead atoms. The van der Waals surface area contributed by atoms with Crippen LogP contribution < -0.4 is 16.4 Å². The largest absolute Gasteiger partial charge is 0.445 e. The minimum atomic E-state index is -1.09. The molecule has 34 heavy (non-hydrogen) atoms. The number of primary amides is 1. The lowest BCUT2D eigenvalue weighted by Crippen LogP contribution is -2.54. The van der Waals surface area contributed by atoms with Crippen LogP contribution >= 0.6 is 0 Å². The fraction of sp³-hybridized carbons (Fsp3) is 0.192. The van der Waals surface area contributed by atoms with E-state index in [1.54, 1.807) is 6.07 Å². The van der Waals surface area contributed by atoms with Crippen LogP contribution in [0.5, 0.6) is 0 Å². The van der Waals surface area contributed by atoms with Crippen molar-refractivity contribution in [3.05, 3.63) is 107 Å². The highest BCUT2D eigenvalue weighted by Crippen LogP contribution is 2.09. The van der Waals surface area contributed by atoms with E-state index >= 15 is 0 Å². The Morgan fingerprint density at radius 2 is 1.35 bits per heavy atom. The molecule has 8 heteroatoms. The second kappa shape index (κ2) is 12.2. The van der Waals surface area contributed by atoms with Crippen LogP contribution in [-0.2, 0) is 33.8 Å². The number of halogens is 1. The number of ether oxygens (including phenoxy) is 1. The van der Waals surface area contributed by atoms with Crippen molar-refractivity contribution in [1.29, 1.82) is 0 Å². The van der Waals surface area contributed by atoms with Crippen molar-refractivity contribution < 1.29 is 23.5 Å². The molecule has 0 aliphatic carbocycles. The molecular weight excluding hydrogens is 437 g/mol. The third kappa shape index (κ3) is 7.74. The number of amides is 3.